The van der Waals surface area contributed by atoms with Crippen LogP contribution in [0.4, 0.5) is 0 Å². The van der Waals surface area contributed by atoms with Gasteiger partial charge in [0, 0.05) is 0 Å². The fourth-order valence-electron chi connectivity index (χ4n) is 2.07. The highest BCUT2D eigenvalue weighted by Gasteiger charge is 2.42. The van der Waals surface area contributed by atoms with Gasteiger partial charge in [-0.15, -0.1) is 0 Å². The van der Waals surface area contributed by atoms with Crippen LogP contribution in [-0.4, -0.2) is 74.6 Å². The molecule has 0 aromatic rings. The summed E-state index contributed by atoms with van der Waals surface area (Å²) >= 11 is 0. The Morgan fingerprint density at radius 2 is 1.50 bits per heavy atom. The minimum atomic E-state index is -1.31. The second kappa shape index (κ2) is 7.31. The van der Waals surface area contributed by atoms with Crippen molar-refractivity contribution in [3.63, 3.8) is 0 Å². The summed E-state index contributed by atoms with van der Waals surface area (Å²) in [5.41, 5.74) is 5.36. The van der Waals surface area contributed by atoms with E-state index in [4.69, 9.17) is 20.9 Å². The van der Waals surface area contributed by atoms with Crippen molar-refractivity contribution >= 4 is 0 Å². The van der Waals surface area contributed by atoms with Crippen LogP contribution in [0.2, 0.25) is 0 Å². The molecular formula is C10H22N2O6. The SMILES string of the molecule is NCCC[C@H]1OC(CCN(O)O)[C@@H](O)C(O)C1O. The molecule has 7 N–H and O–H groups in total. The maximum atomic E-state index is 9.74. The van der Waals surface area contributed by atoms with Gasteiger partial charge in [0.25, 0.3) is 0 Å². The third-order valence-electron chi connectivity index (χ3n) is 3.12. The smallest absolute Gasteiger partial charge is 0.111 e. The third kappa shape index (κ3) is 4.11. The molecule has 0 aromatic heterocycles. The number of nitrogens with two attached hydrogens (primary N) is 1. The van der Waals surface area contributed by atoms with Crippen molar-refractivity contribution in [2.75, 3.05) is 13.1 Å². The van der Waals surface area contributed by atoms with Crippen molar-refractivity contribution in [3.8, 4) is 0 Å². The summed E-state index contributed by atoms with van der Waals surface area (Å²) in [6, 6.07) is 0. The number of rotatable bonds is 6. The van der Waals surface area contributed by atoms with Gasteiger partial charge in [-0.2, -0.15) is 0 Å². The fraction of sp³-hybridized carbons (Fsp3) is 1.00. The van der Waals surface area contributed by atoms with Gasteiger partial charge in [0.1, 0.15) is 18.3 Å². The molecule has 0 aliphatic carbocycles. The largest absolute Gasteiger partial charge is 0.388 e. The zero-order valence-electron chi connectivity index (χ0n) is 10.1. The second-order valence-corrected chi connectivity index (χ2v) is 4.50. The van der Waals surface area contributed by atoms with E-state index in [1.54, 1.807) is 0 Å². The van der Waals surface area contributed by atoms with Crippen LogP contribution >= 0.6 is 0 Å². The summed E-state index contributed by atoms with van der Waals surface area (Å²) in [4.78, 5) is 0. The Kier molecular flexibility index (Phi) is 6.39. The molecule has 8 heteroatoms. The lowest BCUT2D eigenvalue weighted by molar-refractivity contribution is -0.313. The van der Waals surface area contributed by atoms with Crippen LogP contribution < -0.4 is 5.73 Å². The lowest BCUT2D eigenvalue weighted by Crippen LogP contribution is -2.57. The van der Waals surface area contributed by atoms with Gasteiger partial charge < -0.3 is 25.8 Å². The maximum absolute atomic E-state index is 9.74. The number of ether oxygens (including phenoxy) is 1. The first-order valence-electron chi connectivity index (χ1n) is 6.02. The van der Waals surface area contributed by atoms with Crippen molar-refractivity contribution in [1.82, 2.24) is 5.23 Å². The van der Waals surface area contributed by atoms with Crippen molar-refractivity contribution < 1.29 is 30.5 Å². The summed E-state index contributed by atoms with van der Waals surface area (Å²) in [6.07, 6.45) is -3.87. The molecule has 1 aliphatic heterocycles. The number of hydrogen-bond acceptors (Lipinski definition) is 8. The minimum absolute atomic E-state index is 0.0115. The molecule has 8 nitrogen and oxygen atoms in total. The average Bonchev–Trinajstić information content (AvgIpc) is 2.34. The third-order valence-corrected chi connectivity index (χ3v) is 3.12. The van der Waals surface area contributed by atoms with Crippen LogP contribution in [0, 0.1) is 0 Å². The molecule has 1 fully saturated rings. The molecule has 0 amide bonds. The van der Waals surface area contributed by atoms with Crippen molar-refractivity contribution in [3.05, 3.63) is 0 Å². The number of nitrogens with zero attached hydrogens (tertiary/aromatic N) is 1. The van der Waals surface area contributed by atoms with Gasteiger partial charge in [0.2, 0.25) is 0 Å². The normalized spacial score (nSPS) is 37.2. The fourth-order valence-corrected chi connectivity index (χ4v) is 2.07. The predicted octanol–water partition coefficient (Wildman–Crippen LogP) is -1.95. The molecule has 1 saturated heterocycles. The first-order valence-corrected chi connectivity index (χ1v) is 6.02. The van der Waals surface area contributed by atoms with E-state index in [1.807, 2.05) is 0 Å². The average molecular weight is 266 g/mol. The van der Waals surface area contributed by atoms with Crippen molar-refractivity contribution in [1.29, 1.82) is 0 Å². The lowest BCUT2D eigenvalue weighted by Gasteiger charge is -2.41. The first kappa shape index (κ1) is 15.7. The summed E-state index contributed by atoms with van der Waals surface area (Å²) < 4.78 is 5.47. The van der Waals surface area contributed by atoms with Gasteiger partial charge in [-0.05, 0) is 25.8 Å². The van der Waals surface area contributed by atoms with Crippen LogP contribution in [-0.2, 0) is 4.74 Å². The van der Waals surface area contributed by atoms with Crippen LogP contribution in [0.1, 0.15) is 19.3 Å². The predicted molar refractivity (Wildman–Crippen MR) is 59.9 cm³/mol. The summed E-state index contributed by atoms with van der Waals surface area (Å²) in [5.74, 6) is 0. The molecule has 1 aliphatic rings. The van der Waals surface area contributed by atoms with E-state index < -0.39 is 30.5 Å². The summed E-state index contributed by atoms with van der Waals surface area (Å²) in [7, 11) is 0. The molecule has 0 spiro atoms. The van der Waals surface area contributed by atoms with E-state index in [9.17, 15) is 15.3 Å². The Morgan fingerprint density at radius 1 is 0.944 bits per heavy atom. The van der Waals surface area contributed by atoms with Crippen LogP contribution in [0.15, 0.2) is 0 Å². The van der Waals surface area contributed by atoms with Crippen LogP contribution in [0.3, 0.4) is 0 Å². The molecule has 18 heavy (non-hydrogen) atoms. The van der Waals surface area contributed by atoms with Crippen LogP contribution in [0.25, 0.3) is 0 Å². The van der Waals surface area contributed by atoms with E-state index in [0.717, 1.165) is 0 Å². The monoisotopic (exact) mass is 266 g/mol. The second-order valence-electron chi connectivity index (χ2n) is 4.50. The Balaban J connectivity index is 2.56. The number of hydroxylamine groups is 2. The quantitative estimate of drug-likeness (QED) is 0.305. The van der Waals surface area contributed by atoms with Crippen molar-refractivity contribution in [2.45, 2.75) is 49.8 Å². The van der Waals surface area contributed by atoms with E-state index in [-0.39, 0.29) is 18.2 Å². The Labute approximate surface area is 105 Å². The summed E-state index contributed by atoms with van der Waals surface area (Å²) in [5, 5.41) is 46.4. The summed E-state index contributed by atoms with van der Waals surface area (Å²) in [6.45, 7) is 0.311. The standard InChI is InChI=1S/C10H22N2O6/c11-4-1-2-6-8(13)10(15)9(14)7(18-6)3-5-12(16)17/h6-10,13-17H,1-5,11H2/t6-,7?,8?,9-,10?/m1/s1. The van der Waals surface area contributed by atoms with Crippen LogP contribution in [0.5, 0.6) is 0 Å². The molecule has 1 rings (SSSR count). The lowest BCUT2D eigenvalue weighted by atomic mass is 9.91. The number of hydrogen-bond donors (Lipinski definition) is 6. The van der Waals surface area contributed by atoms with Gasteiger partial charge >= 0.3 is 0 Å². The zero-order chi connectivity index (χ0) is 13.7. The molecule has 108 valence electrons. The maximum Gasteiger partial charge on any atom is 0.111 e. The molecule has 0 bridgehead atoms. The molecule has 0 aromatic carbocycles. The van der Waals surface area contributed by atoms with E-state index >= 15 is 0 Å². The Bertz CT molecular complexity index is 242. The minimum Gasteiger partial charge on any atom is -0.388 e. The Morgan fingerprint density at radius 3 is 2.00 bits per heavy atom. The van der Waals surface area contributed by atoms with Gasteiger partial charge in [0.15, 0.2) is 0 Å². The van der Waals surface area contributed by atoms with Crippen molar-refractivity contribution in [2.24, 2.45) is 5.73 Å². The number of aliphatic hydroxyl groups excluding tert-OH is 3. The topological polar surface area (TPSA) is 140 Å². The van der Waals surface area contributed by atoms with E-state index in [2.05, 4.69) is 0 Å². The molecule has 3 unspecified atom stereocenters. The number of aliphatic hydroxyl groups is 3. The molecule has 5 atom stereocenters. The Hall–Kier alpha value is -0.320. The highest BCUT2D eigenvalue weighted by atomic mass is 16.8. The van der Waals surface area contributed by atoms with E-state index in [1.165, 1.54) is 0 Å². The van der Waals surface area contributed by atoms with Gasteiger partial charge in [-0.3, -0.25) is 10.4 Å². The van der Waals surface area contributed by atoms with Gasteiger partial charge in [-0.1, -0.05) is 5.23 Å². The highest BCUT2D eigenvalue weighted by Crippen LogP contribution is 2.25. The molecule has 1 heterocycles. The highest BCUT2D eigenvalue weighted by molar-refractivity contribution is 4.92. The molecular weight excluding hydrogens is 244 g/mol. The molecule has 0 saturated carbocycles. The zero-order valence-corrected chi connectivity index (χ0v) is 10.1. The van der Waals surface area contributed by atoms with Gasteiger partial charge in [-0.25, -0.2) is 0 Å². The van der Waals surface area contributed by atoms with E-state index in [0.29, 0.717) is 19.4 Å². The van der Waals surface area contributed by atoms with Gasteiger partial charge in [0.05, 0.1) is 18.8 Å². The first-order chi connectivity index (χ1) is 8.47. The molecule has 0 radical (unpaired) electrons.